The normalized spacial score (nSPS) is 14.9. The quantitative estimate of drug-likeness (QED) is 0.144. The van der Waals surface area contributed by atoms with Crippen molar-refractivity contribution in [2.45, 2.75) is 32.1 Å². The van der Waals surface area contributed by atoms with Crippen molar-refractivity contribution in [3.05, 3.63) is 107 Å². The predicted octanol–water partition coefficient (Wildman–Crippen LogP) is 6.42. The molecule has 8 heteroatoms. The molecule has 0 bridgehead atoms. The summed E-state index contributed by atoms with van der Waals surface area (Å²) in [6.45, 7) is 4.95. The summed E-state index contributed by atoms with van der Waals surface area (Å²) in [4.78, 5) is 25.6. The van der Waals surface area contributed by atoms with Crippen molar-refractivity contribution in [2.75, 3.05) is 26.2 Å². The highest BCUT2D eigenvalue weighted by Crippen LogP contribution is 2.38. The maximum absolute atomic E-state index is 11.6. The van der Waals surface area contributed by atoms with E-state index in [9.17, 15) is 30.0 Å². The van der Waals surface area contributed by atoms with Crippen molar-refractivity contribution in [3.8, 4) is 11.5 Å². The van der Waals surface area contributed by atoms with E-state index in [0.717, 1.165) is 0 Å². The molecule has 4 N–H and O–H groups in total. The van der Waals surface area contributed by atoms with Crippen LogP contribution in [0.4, 0.5) is 0 Å². The minimum Gasteiger partial charge on any atom is -0.507 e. The molecule has 44 heavy (non-hydrogen) atoms. The van der Waals surface area contributed by atoms with E-state index in [4.69, 9.17) is 0 Å². The monoisotopic (exact) mass is 593 g/mol. The van der Waals surface area contributed by atoms with Crippen LogP contribution in [0.2, 0.25) is 0 Å². The Bertz CT molecular complexity index is 1670. The zero-order valence-electron chi connectivity index (χ0n) is 24.5. The van der Waals surface area contributed by atoms with Crippen LogP contribution < -0.4 is 0 Å². The molecule has 226 valence electrons. The molecule has 0 amide bonds. The molecule has 2 fully saturated rings. The van der Waals surface area contributed by atoms with Crippen LogP contribution in [0.15, 0.2) is 85.1 Å². The van der Waals surface area contributed by atoms with Gasteiger partial charge in [-0.3, -0.25) is 0 Å². The number of hydrogen-bond donors (Lipinski definition) is 4. The second-order valence-corrected chi connectivity index (χ2v) is 11.1. The number of benzene rings is 4. The number of likely N-dealkylation sites (tertiary alicyclic amines) is 1. The van der Waals surface area contributed by atoms with E-state index >= 15 is 0 Å². The summed E-state index contributed by atoms with van der Waals surface area (Å²) in [5, 5.41) is 42.8. The molecule has 0 saturated carbocycles. The van der Waals surface area contributed by atoms with Crippen LogP contribution in [0.1, 0.15) is 57.5 Å². The molecule has 2 saturated heterocycles. The lowest BCUT2D eigenvalue weighted by atomic mass is 9.90. The Hall–Kier alpha value is -5.11. The van der Waals surface area contributed by atoms with Gasteiger partial charge in [-0.1, -0.05) is 54.6 Å². The molecule has 4 aromatic rings. The topological polar surface area (TPSA) is 121 Å². The van der Waals surface area contributed by atoms with Crippen LogP contribution in [0.5, 0.6) is 11.5 Å². The van der Waals surface area contributed by atoms with Crippen LogP contribution in [0.3, 0.4) is 0 Å². The van der Waals surface area contributed by atoms with Crippen LogP contribution in [-0.4, -0.2) is 74.2 Å². The Morgan fingerprint density at radius 2 is 1.20 bits per heavy atom. The van der Waals surface area contributed by atoms with Crippen molar-refractivity contribution < 1.29 is 34.6 Å². The molecule has 0 aromatic heterocycles. The van der Waals surface area contributed by atoms with Gasteiger partial charge in [0.25, 0.3) is 0 Å². The first kappa shape index (κ1) is 30.4. The second kappa shape index (κ2) is 13.9. The Labute approximate surface area is 256 Å². The van der Waals surface area contributed by atoms with E-state index in [1.54, 1.807) is 48.5 Å². The third-order valence-electron chi connectivity index (χ3n) is 8.17. The summed E-state index contributed by atoms with van der Waals surface area (Å²) >= 11 is 0. The number of hydrogen-bond acceptors (Lipinski definition) is 5. The van der Waals surface area contributed by atoms with Gasteiger partial charge >= 0.3 is 11.9 Å². The third kappa shape index (κ3) is 6.92. The van der Waals surface area contributed by atoms with Gasteiger partial charge in [-0.25, -0.2) is 14.2 Å². The molecule has 0 spiro atoms. The fourth-order valence-electron chi connectivity index (χ4n) is 5.87. The number of carbonyl (C=O) groups is 2. The predicted molar refractivity (Wildman–Crippen MR) is 172 cm³/mol. The Morgan fingerprint density at radius 3 is 1.70 bits per heavy atom. The van der Waals surface area contributed by atoms with Crippen LogP contribution >= 0.6 is 0 Å². The largest absolute Gasteiger partial charge is 0.507 e. The van der Waals surface area contributed by atoms with Gasteiger partial charge in [0.05, 0.1) is 0 Å². The summed E-state index contributed by atoms with van der Waals surface area (Å²) in [5.74, 6) is -3.36. The summed E-state index contributed by atoms with van der Waals surface area (Å²) in [6.07, 6.45) is 16.2. The Morgan fingerprint density at radius 1 is 0.705 bits per heavy atom. The zero-order valence-corrected chi connectivity index (χ0v) is 24.5. The van der Waals surface area contributed by atoms with E-state index in [1.807, 2.05) is 0 Å². The lowest BCUT2D eigenvalue weighted by Gasteiger charge is -2.16. The highest BCUT2D eigenvalue weighted by Gasteiger charge is 2.22. The van der Waals surface area contributed by atoms with E-state index < -0.39 is 23.4 Å². The Balaban J connectivity index is 0.000000215. The number of fused-ring (bicyclic) bond motifs is 2. The van der Waals surface area contributed by atoms with Gasteiger partial charge < -0.3 is 25.3 Å². The zero-order chi connectivity index (χ0) is 31.1. The van der Waals surface area contributed by atoms with E-state index in [1.165, 1.54) is 64.0 Å². The van der Waals surface area contributed by atoms with Crippen molar-refractivity contribution in [3.63, 3.8) is 0 Å². The van der Waals surface area contributed by atoms with Gasteiger partial charge in [-0.05, 0) is 58.8 Å². The molecule has 0 atom stereocenters. The highest BCUT2D eigenvalue weighted by atomic mass is 16.4. The lowest BCUT2D eigenvalue weighted by molar-refractivity contribution is -0.500. The standard InChI is InChI=1S/C23H16O6.C13H21N2/c24-20-16(14-7-3-1-5-12(14)9-18(20)22(26)27)11-17-15-8-4-2-6-13(15)10-19(21(17)25)23(28)29;1(2-8-14-10-4-5-11-14)3-9-15-12-6-7-13-15/h1-10,24-25H,11H2,(H,26,27)(H,28,29);1-3,8-9H,4-7,10-13H2/q;+1. The van der Waals surface area contributed by atoms with E-state index in [2.05, 4.69) is 40.1 Å². The first-order chi connectivity index (χ1) is 21.3. The fourth-order valence-corrected chi connectivity index (χ4v) is 5.87. The SMILES string of the molecule is C(/C=C/C=C/N1CCCC1)=[N+]1CCCC1.O=C(O)c1cc2ccccc2c(Cc2c(O)c(C(=O)O)cc3ccccc23)c1O. The fraction of sp³-hybridized carbons (Fsp3) is 0.250. The highest BCUT2D eigenvalue weighted by molar-refractivity contribution is 6.02. The number of aromatic carboxylic acids is 2. The molecule has 2 heterocycles. The molecule has 8 nitrogen and oxygen atoms in total. The number of phenols is 2. The number of carboxylic acid groups (broad SMARTS) is 2. The molecule has 6 rings (SSSR count). The summed E-state index contributed by atoms with van der Waals surface area (Å²) < 4.78 is 2.39. The van der Waals surface area contributed by atoms with Crippen LogP contribution in [0, 0.1) is 0 Å². The number of aromatic hydroxyl groups is 2. The van der Waals surface area contributed by atoms with Gasteiger partial charge in [0.1, 0.15) is 35.7 Å². The molecule has 4 aromatic carbocycles. The first-order valence-corrected chi connectivity index (χ1v) is 14.9. The van der Waals surface area contributed by atoms with Crippen molar-refractivity contribution in [1.82, 2.24) is 4.90 Å². The summed E-state index contributed by atoms with van der Waals surface area (Å²) in [7, 11) is 0. The summed E-state index contributed by atoms with van der Waals surface area (Å²) in [5.41, 5.74) is 0.112. The van der Waals surface area contributed by atoms with Gasteiger partial charge in [-0.15, -0.1) is 0 Å². The molecule has 0 unspecified atom stereocenters. The number of carboxylic acids is 2. The average molecular weight is 594 g/mol. The minimum atomic E-state index is -1.28. The maximum atomic E-state index is 11.6. The smallest absolute Gasteiger partial charge is 0.339 e. The molecule has 2 aliphatic rings. The van der Waals surface area contributed by atoms with Crippen molar-refractivity contribution in [1.29, 1.82) is 0 Å². The number of nitrogens with zero attached hydrogens (tertiary/aromatic N) is 2. The summed E-state index contributed by atoms with van der Waals surface area (Å²) in [6, 6.07) is 16.8. The Kier molecular flexibility index (Phi) is 9.59. The van der Waals surface area contributed by atoms with Gasteiger partial charge in [0.15, 0.2) is 6.21 Å². The van der Waals surface area contributed by atoms with E-state index in [0.29, 0.717) is 32.7 Å². The van der Waals surface area contributed by atoms with Crippen LogP contribution in [0.25, 0.3) is 21.5 Å². The third-order valence-corrected chi connectivity index (χ3v) is 8.17. The first-order valence-electron chi connectivity index (χ1n) is 14.9. The number of allylic oxidation sites excluding steroid dienone is 3. The maximum Gasteiger partial charge on any atom is 0.339 e. The minimum absolute atomic E-state index is 0.0407. The van der Waals surface area contributed by atoms with Gasteiger partial charge in [0, 0.05) is 49.6 Å². The lowest BCUT2D eigenvalue weighted by Crippen LogP contribution is -2.09. The number of rotatable bonds is 7. The average Bonchev–Trinajstić information content (AvgIpc) is 3.74. The molecule has 0 radical (unpaired) electrons. The molecule has 2 aliphatic heterocycles. The van der Waals surface area contributed by atoms with Crippen molar-refractivity contribution >= 4 is 39.7 Å². The second-order valence-electron chi connectivity index (χ2n) is 11.1. The molecular formula is C36H37N2O6+. The molecular weight excluding hydrogens is 556 g/mol. The van der Waals surface area contributed by atoms with E-state index in [-0.39, 0.29) is 17.5 Å². The van der Waals surface area contributed by atoms with Gasteiger partial charge in [0.2, 0.25) is 0 Å². The van der Waals surface area contributed by atoms with Crippen molar-refractivity contribution in [2.24, 2.45) is 0 Å². The van der Waals surface area contributed by atoms with Gasteiger partial charge in [-0.2, -0.15) is 0 Å². The van der Waals surface area contributed by atoms with Crippen LogP contribution in [-0.2, 0) is 6.42 Å². The molecule has 0 aliphatic carbocycles.